The molecule has 1 aliphatic heterocycles. The summed E-state index contributed by atoms with van der Waals surface area (Å²) in [5.74, 6) is 0.932. The maximum atomic E-state index is 5.74. The first-order valence-corrected chi connectivity index (χ1v) is 6.74. The number of rotatable bonds is 1. The van der Waals surface area contributed by atoms with Gasteiger partial charge in [-0.05, 0) is 47.0 Å². The van der Waals surface area contributed by atoms with Gasteiger partial charge >= 0.3 is 0 Å². The lowest BCUT2D eigenvalue weighted by atomic mass is 10.1. The zero-order chi connectivity index (χ0) is 12.7. The van der Waals surface area contributed by atoms with Crippen LogP contribution in [-0.2, 0) is 6.42 Å². The van der Waals surface area contributed by atoms with Crippen molar-refractivity contribution in [2.45, 2.75) is 19.4 Å². The van der Waals surface area contributed by atoms with E-state index in [4.69, 9.17) is 5.73 Å². The fourth-order valence-corrected chi connectivity index (χ4v) is 3.07. The van der Waals surface area contributed by atoms with Gasteiger partial charge < -0.3 is 10.6 Å². The highest BCUT2D eigenvalue weighted by Gasteiger charge is 2.28. The number of anilines is 3. The van der Waals surface area contributed by atoms with Gasteiger partial charge in [0, 0.05) is 11.7 Å². The van der Waals surface area contributed by atoms with Gasteiger partial charge in [0.25, 0.3) is 0 Å². The number of fused-ring (bicyclic) bond motifs is 1. The Morgan fingerprint density at radius 1 is 1.39 bits per heavy atom. The molecule has 0 radical (unpaired) electrons. The van der Waals surface area contributed by atoms with E-state index >= 15 is 0 Å². The van der Waals surface area contributed by atoms with E-state index in [1.165, 1.54) is 11.3 Å². The molecule has 0 amide bonds. The normalized spacial score (nSPS) is 17.9. The molecule has 1 aromatic carbocycles. The second-order valence-corrected chi connectivity index (χ2v) is 5.48. The Labute approximate surface area is 115 Å². The first kappa shape index (κ1) is 11.5. The maximum Gasteiger partial charge on any atom is 0.147 e. The average molecular weight is 304 g/mol. The summed E-state index contributed by atoms with van der Waals surface area (Å²) in [6.07, 6.45) is 2.75. The van der Waals surface area contributed by atoms with Crippen LogP contribution < -0.4 is 10.6 Å². The highest BCUT2D eigenvalue weighted by Crippen LogP contribution is 2.40. The highest BCUT2D eigenvalue weighted by atomic mass is 79.9. The van der Waals surface area contributed by atoms with E-state index in [2.05, 4.69) is 57.0 Å². The van der Waals surface area contributed by atoms with Gasteiger partial charge in [-0.3, -0.25) is 0 Å². The zero-order valence-electron chi connectivity index (χ0n) is 10.1. The Morgan fingerprint density at radius 3 is 2.94 bits per heavy atom. The summed E-state index contributed by atoms with van der Waals surface area (Å²) in [5.41, 5.74) is 9.03. The van der Waals surface area contributed by atoms with E-state index in [0.717, 1.165) is 16.7 Å². The molecular weight excluding hydrogens is 290 g/mol. The van der Waals surface area contributed by atoms with Crippen molar-refractivity contribution in [3.05, 3.63) is 46.6 Å². The minimum Gasteiger partial charge on any atom is -0.397 e. The van der Waals surface area contributed by atoms with Crippen LogP contribution in [-0.4, -0.2) is 11.0 Å². The number of aromatic nitrogens is 1. The standard InChI is InChI=1S/C14H14BrN3/c1-9-6-10-4-2-3-5-13(10)18(9)14-12(15)7-11(16)8-17-14/h2-5,7-9H,6,16H2,1H3. The topological polar surface area (TPSA) is 42.2 Å². The molecule has 1 aliphatic rings. The average Bonchev–Trinajstić information content (AvgIpc) is 2.66. The van der Waals surface area contributed by atoms with Crippen LogP contribution in [0.1, 0.15) is 12.5 Å². The van der Waals surface area contributed by atoms with Gasteiger partial charge in [-0.15, -0.1) is 0 Å². The van der Waals surface area contributed by atoms with Gasteiger partial charge in [0.05, 0.1) is 16.4 Å². The predicted octanol–water partition coefficient (Wildman–Crippen LogP) is 3.51. The van der Waals surface area contributed by atoms with Crippen molar-refractivity contribution in [3.63, 3.8) is 0 Å². The van der Waals surface area contributed by atoms with Crippen LogP contribution in [0.5, 0.6) is 0 Å². The summed E-state index contributed by atoms with van der Waals surface area (Å²) in [5, 5.41) is 0. The fraction of sp³-hybridized carbons (Fsp3) is 0.214. The van der Waals surface area contributed by atoms with E-state index in [0.29, 0.717) is 11.7 Å². The lowest BCUT2D eigenvalue weighted by Crippen LogP contribution is -2.25. The number of nitrogens with two attached hydrogens (primary N) is 1. The first-order valence-electron chi connectivity index (χ1n) is 5.95. The number of nitrogens with zero attached hydrogens (tertiary/aromatic N) is 2. The summed E-state index contributed by atoms with van der Waals surface area (Å²) in [6.45, 7) is 2.21. The molecule has 0 aliphatic carbocycles. The third-order valence-electron chi connectivity index (χ3n) is 3.28. The first-order chi connectivity index (χ1) is 8.66. The van der Waals surface area contributed by atoms with Gasteiger partial charge in [0.2, 0.25) is 0 Å². The number of hydrogen-bond acceptors (Lipinski definition) is 3. The van der Waals surface area contributed by atoms with Crippen molar-refractivity contribution >= 4 is 33.1 Å². The molecule has 0 bridgehead atoms. The smallest absolute Gasteiger partial charge is 0.147 e. The van der Waals surface area contributed by atoms with E-state index in [1.807, 2.05) is 6.07 Å². The van der Waals surface area contributed by atoms with Gasteiger partial charge in [-0.2, -0.15) is 0 Å². The second kappa shape index (κ2) is 4.28. The van der Waals surface area contributed by atoms with Crippen LogP contribution >= 0.6 is 15.9 Å². The Balaban J connectivity index is 2.12. The van der Waals surface area contributed by atoms with Gasteiger partial charge in [0.15, 0.2) is 0 Å². The van der Waals surface area contributed by atoms with Crippen LogP contribution in [0.15, 0.2) is 41.0 Å². The van der Waals surface area contributed by atoms with Crippen LogP contribution in [0, 0.1) is 0 Å². The van der Waals surface area contributed by atoms with E-state index < -0.39 is 0 Å². The lowest BCUT2D eigenvalue weighted by molar-refractivity contribution is 0.749. The molecular formula is C14H14BrN3. The lowest BCUT2D eigenvalue weighted by Gasteiger charge is -2.24. The SMILES string of the molecule is CC1Cc2ccccc2N1c1ncc(N)cc1Br. The maximum absolute atomic E-state index is 5.74. The molecule has 0 saturated carbocycles. The second-order valence-electron chi connectivity index (χ2n) is 4.63. The Hall–Kier alpha value is -1.55. The molecule has 3 nitrogen and oxygen atoms in total. The van der Waals surface area contributed by atoms with Gasteiger partial charge in [-0.25, -0.2) is 4.98 Å². The molecule has 0 spiro atoms. The summed E-state index contributed by atoms with van der Waals surface area (Å²) in [7, 11) is 0. The monoisotopic (exact) mass is 303 g/mol. The number of halogens is 1. The van der Waals surface area contributed by atoms with Gasteiger partial charge in [-0.1, -0.05) is 18.2 Å². The Kier molecular flexibility index (Phi) is 2.74. The molecule has 0 fully saturated rings. The Bertz CT molecular complexity index is 597. The van der Waals surface area contributed by atoms with E-state index in [1.54, 1.807) is 6.20 Å². The molecule has 18 heavy (non-hydrogen) atoms. The molecule has 0 saturated heterocycles. The molecule has 1 unspecified atom stereocenters. The largest absolute Gasteiger partial charge is 0.397 e. The molecule has 2 heterocycles. The molecule has 1 aromatic heterocycles. The number of pyridine rings is 1. The molecule has 2 aromatic rings. The van der Waals surface area contributed by atoms with Crippen LogP contribution in [0.2, 0.25) is 0 Å². The Morgan fingerprint density at radius 2 is 2.17 bits per heavy atom. The highest BCUT2D eigenvalue weighted by molar-refractivity contribution is 9.10. The molecule has 4 heteroatoms. The number of nitrogen functional groups attached to an aromatic ring is 1. The molecule has 92 valence electrons. The van der Waals surface area contributed by atoms with Crippen molar-refractivity contribution in [1.29, 1.82) is 0 Å². The third kappa shape index (κ3) is 1.77. The zero-order valence-corrected chi connectivity index (χ0v) is 11.7. The van der Waals surface area contributed by atoms with Crippen LogP contribution in [0.25, 0.3) is 0 Å². The van der Waals surface area contributed by atoms with Crippen molar-refractivity contribution in [2.24, 2.45) is 0 Å². The van der Waals surface area contributed by atoms with E-state index in [9.17, 15) is 0 Å². The third-order valence-corrected chi connectivity index (χ3v) is 3.86. The minimum atomic E-state index is 0.412. The summed E-state index contributed by atoms with van der Waals surface area (Å²) in [4.78, 5) is 6.73. The van der Waals surface area contributed by atoms with E-state index in [-0.39, 0.29) is 0 Å². The van der Waals surface area contributed by atoms with Crippen LogP contribution in [0.3, 0.4) is 0 Å². The van der Waals surface area contributed by atoms with Crippen LogP contribution in [0.4, 0.5) is 17.2 Å². The van der Waals surface area contributed by atoms with Crippen molar-refractivity contribution in [3.8, 4) is 0 Å². The molecule has 1 atom stereocenters. The number of benzene rings is 1. The molecule has 2 N–H and O–H groups in total. The van der Waals surface area contributed by atoms with Crippen molar-refractivity contribution < 1.29 is 0 Å². The number of para-hydroxylation sites is 1. The molecule has 3 rings (SSSR count). The quantitative estimate of drug-likeness (QED) is 0.876. The summed E-state index contributed by atoms with van der Waals surface area (Å²) in [6, 6.07) is 10.8. The fourth-order valence-electron chi connectivity index (χ4n) is 2.51. The van der Waals surface area contributed by atoms with Gasteiger partial charge in [0.1, 0.15) is 5.82 Å². The summed E-state index contributed by atoms with van der Waals surface area (Å²) < 4.78 is 0.936. The summed E-state index contributed by atoms with van der Waals surface area (Å²) >= 11 is 3.55. The van der Waals surface area contributed by atoms with Crippen molar-refractivity contribution in [1.82, 2.24) is 4.98 Å². The number of hydrogen-bond donors (Lipinski definition) is 1. The van der Waals surface area contributed by atoms with Crippen molar-refractivity contribution in [2.75, 3.05) is 10.6 Å². The minimum absolute atomic E-state index is 0.412. The predicted molar refractivity (Wildman–Crippen MR) is 78.1 cm³/mol.